The predicted octanol–water partition coefficient (Wildman–Crippen LogP) is 3.55. The SMILES string of the molecule is C[C@@H](C(=O)O)c1cccc(C(F)(F)F)c1Cl. The maximum atomic E-state index is 12.5. The van der Waals surface area contributed by atoms with Gasteiger partial charge in [0.25, 0.3) is 0 Å². The molecule has 0 aromatic heterocycles. The Labute approximate surface area is 94.6 Å². The molecule has 0 fully saturated rings. The van der Waals surface area contributed by atoms with E-state index in [-0.39, 0.29) is 5.56 Å². The van der Waals surface area contributed by atoms with Gasteiger partial charge < -0.3 is 5.11 Å². The van der Waals surface area contributed by atoms with Crippen molar-refractivity contribution in [2.24, 2.45) is 0 Å². The molecule has 0 saturated heterocycles. The molecule has 0 radical (unpaired) electrons. The number of rotatable bonds is 2. The Hall–Kier alpha value is -1.23. The van der Waals surface area contributed by atoms with Crippen LogP contribution in [0.3, 0.4) is 0 Å². The van der Waals surface area contributed by atoms with Crippen molar-refractivity contribution in [2.45, 2.75) is 19.0 Å². The molecular weight excluding hydrogens is 245 g/mol. The third-order valence-corrected chi connectivity index (χ3v) is 2.59. The van der Waals surface area contributed by atoms with Crippen LogP contribution in [0.2, 0.25) is 5.02 Å². The smallest absolute Gasteiger partial charge is 0.417 e. The summed E-state index contributed by atoms with van der Waals surface area (Å²) >= 11 is 5.55. The minimum Gasteiger partial charge on any atom is -0.481 e. The first kappa shape index (κ1) is 12.8. The highest BCUT2D eigenvalue weighted by molar-refractivity contribution is 6.32. The number of halogens is 4. The average Bonchev–Trinajstić information content (AvgIpc) is 2.15. The number of benzene rings is 1. The highest BCUT2D eigenvalue weighted by Gasteiger charge is 2.34. The summed E-state index contributed by atoms with van der Waals surface area (Å²) in [5.74, 6) is -2.30. The normalized spacial score (nSPS) is 13.6. The molecule has 0 bridgehead atoms. The van der Waals surface area contributed by atoms with Crippen LogP contribution in [0.5, 0.6) is 0 Å². The minimum atomic E-state index is -4.58. The summed E-state index contributed by atoms with van der Waals surface area (Å²) in [6, 6.07) is 3.24. The molecule has 1 aromatic rings. The molecule has 0 heterocycles. The molecule has 0 aliphatic heterocycles. The van der Waals surface area contributed by atoms with Crippen molar-refractivity contribution in [1.82, 2.24) is 0 Å². The summed E-state index contributed by atoms with van der Waals surface area (Å²) in [6.07, 6.45) is -4.58. The maximum Gasteiger partial charge on any atom is 0.417 e. The van der Waals surface area contributed by atoms with Gasteiger partial charge in [-0.15, -0.1) is 0 Å². The Bertz CT molecular complexity index is 415. The van der Waals surface area contributed by atoms with E-state index in [1.807, 2.05) is 0 Å². The van der Waals surface area contributed by atoms with Gasteiger partial charge in [0.1, 0.15) is 0 Å². The zero-order valence-electron chi connectivity index (χ0n) is 8.18. The maximum absolute atomic E-state index is 12.5. The van der Waals surface area contributed by atoms with Crippen molar-refractivity contribution in [3.63, 3.8) is 0 Å². The fourth-order valence-corrected chi connectivity index (χ4v) is 1.63. The molecule has 6 heteroatoms. The molecular formula is C10H8ClF3O2. The third kappa shape index (κ3) is 2.47. The van der Waals surface area contributed by atoms with Crippen LogP contribution in [-0.4, -0.2) is 11.1 Å². The summed E-state index contributed by atoms with van der Waals surface area (Å²) in [5, 5.41) is 8.16. The van der Waals surface area contributed by atoms with Gasteiger partial charge in [0.05, 0.1) is 16.5 Å². The first-order valence-electron chi connectivity index (χ1n) is 4.33. The van der Waals surface area contributed by atoms with E-state index in [9.17, 15) is 18.0 Å². The highest BCUT2D eigenvalue weighted by atomic mass is 35.5. The molecule has 0 unspecified atom stereocenters. The predicted molar refractivity (Wildman–Crippen MR) is 52.5 cm³/mol. The second-order valence-corrected chi connectivity index (χ2v) is 3.64. The van der Waals surface area contributed by atoms with Crippen molar-refractivity contribution < 1.29 is 23.1 Å². The summed E-state index contributed by atoms with van der Waals surface area (Å²) < 4.78 is 37.4. The van der Waals surface area contributed by atoms with Crippen LogP contribution in [0.1, 0.15) is 24.0 Å². The first-order chi connectivity index (χ1) is 7.25. The summed E-state index contributed by atoms with van der Waals surface area (Å²) in [7, 11) is 0. The number of hydrogen-bond donors (Lipinski definition) is 1. The first-order valence-corrected chi connectivity index (χ1v) is 4.71. The fraction of sp³-hybridized carbons (Fsp3) is 0.300. The van der Waals surface area contributed by atoms with Crippen molar-refractivity contribution in [1.29, 1.82) is 0 Å². The number of aliphatic carboxylic acids is 1. The lowest BCUT2D eigenvalue weighted by molar-refractivity contribution is -0.139. The van der Waals surface area contributed by atoms with Gasteiger partial charge in [0.2, 0.25) is 0 Å². The van der Waals surface area contributed by atoms with Crippen LogP contribution in [-0.2, 0) is 11.0 Å². The van der Waals surface area contributed by atoms with E-state index in [1.54, 1.807) is 0 Å². The molecule has 16 heavy (non-hydrogen) atoms. The fourth-order valence-electron chi connectivity index (χ4n) is 1.24. The number of carboxylic acids is 1. The second-order valence-electron chi connectivity index (χ2n) is 3.27. The largest absolute Gasteiger partial charge is 0.481 e. The van der Waals surface area contributed by atoms with Gasteiger partial charge in [0.15, 0.2) is 0 Å². The average molecular weight is 253 g/mol. The van der Waals surface area contributed by atoms with Gasteiger partial charge in [-0.2, -0.15) is 13.2 Å². The molecule has 0 saturated carbocycles. The number of hydrogen-bond acceptors (Lipinski definition) is 1. The Balaban J connectivity index is 3.30. The Morgan fingerprint density at radius 3 is 2.44 bits per heavy atom. The Morgan fingerprint density at radius 2 is 2.00 bits per heavy atom. The van der Waals surface area contributed by atoms with E-state index in [2.05, 4.69) is 0 Å². The Kier molecular flexibility index (Phi) is 3.48. The molecule has 1 atom stereocenters. The zero-order valence-corrected chi connectivity index (χ0v) is 8.93. The van der Waals surface area contributed by atoms with Crippen molar-refractivity contribution >= 4 is 17.6 Å². The van der Waals surface area contributed by atoms with E-state index >= 15 is 0 Å². The van der Waals surface area contributed by atoms with Crippen molar-refractivity contribution in [3.8, 4) is 0 Å². The van der Waals surface area contributed by atoms with E-state index < -0.39 is 28.6 Å². The van der Waals surface area contributed by atoms with Crippen LogP contribution in [0.25, 0.3) is 0 Å². The van der Waals surface area contributed by atoms with Crippen LogP contribution < -0.4 is 0 Å². The molecule has 1 N–H and O–H groups in total. The highest BCUT2D eigenvalue weighted by Crippen LogP contribution is 2.38. The minimum absolute atomic E-state index is 0.0380. The van der Waals surface area contributed by atoms with E-state index in [4.69, 9.17) is 16.7 Å². The van der Waals surface area contributed by atoms with Gasteiger partial charge in [-0.1, -0.05) is 23.7 Å². The summed E-state index contributed by atoms with van der Waals surface area (Å²) in [5.41, 5.74) is -1.05. The van der Waals surface area contributed by atoms with Crippen LogP contribution in [0, 0.1) is 0 Å². The number of alkyl halides is 3. The molecule has 0 spiro atoms. The van der Waals surface area contributed by atoms with Crippen LogP contribution in [0.15, 0.2) is 18.2 Å². The van der Waals surface area contributed by atoms with Gasteiger partial charge in [0, 0.05) is 0 Å². The lowest BCUT2D eigenvalue weighted by atomic mass is 9.99. The molecule has 0 amide bonds. The van der Waals surface area contributed by atoms with E-state index in [1.165, 1.54) is 13.0 Å². The number of carbonyl (C=O) groups is 1. The quantitative estimate of drug-likeness (QED) is 0.874. The molecule has 1 aromatic carbocycles. The van der Waals surface area contributed by atoms with Crippen LogP contribution in [0.4, 0.5) is 13.2 Å². The third-order valence-electron chi connectivity index (χ3n) is 2.17. The van der Waals surface area contributed by atoms with Gasteiger partial charge in [-0.3, -0.25) is 4.79 Å². The molecule has 88 valence electrons. The standard InChI is InChI=1S/C10H8ClF3O2/c1-5(9(15)16)6-3-2-4-7(8(6)11)10(12,13)14/h2-5H,1H3,(H,15,16)/t5-/m1/s1. The Morgan fingerprint density at radius 1 is 1.44 bits per heavy atom. The summed E-state index contributed by atoms with van der Waals surface area (Å²) in [6.45, 7) is 1.28. The van der Waals surface area contributed by atoms with E-state index in [0.717, 1.165) is 12.1 Å². The second kappa shape index (κ2) is 4.33. The molecule has 0 aliphatic carbocycles. The summed E-state index contributed by atoms with van der Waals surface area (Å²) in [4.78, 5) is 10.7. The van der Waals surface area contributed by atoms with Gasteiger partial charge >= 0.3 is 12.1 Å². The lowest BCUT2D eigenvalue weighted by Gasteiger charge is -2.14. The monoisotopic (exact) mass is 252 g/mol. The lowest BCUT2D eigenvalue weighted by Crippen LogP contribution is -2.12. The number of carboxylic acid groups (broad SMARTS) is 1. The molecule has 0 aliphatic rings. The molecule has 2 nitrogen and oxygen atoms in total. The van der Waals surface area contributed by atoms with Gasteiger partial charge in [-0.05, 0) is 18.6 Å². The van der Waals surface area contributed by atoms with Crippen molar-refractivity contribution in [3.05, 3.63) is 34.3 Å². The molecule has 1 rings (SSSR count). The zero-order chi connectivity index (χ0) is 12.5. The van der Waals surface area contributed by atoms with Crippen molar-refractivity contribution in [2.75, 3.05) is 0 Å². The van der Waals surface area contributed by atoms with Gasteiger partial charge in [-0.25, -0.2) is 0 Å². The van der Waals surface area contributed by atoms with Crippen LogP contribution >= 0.6 is 11.6 Å². The van der Waals surface area contributed by atoms with E-state index in [0.29, 0.717) is 0 Å². The topological polar surface area (TPSA) is 37.3 Å².